The lowest BCUT2D eigenvalue weighted by Gasteiger charge is -2.15. The van der Waals surface area contributed by atoms with Crippen molar-refractivity contribution < 1.29 is 8.78 Å². The van der Waals surface area contributed by atoms with Crippen molar-refractivity contribution in [1.29, 1.82) is 0 Å². The maximum atomic E-state index is 13.6. The first-order valence-corrected chi connectivity index (χ1v) is 12.5. The molecule has 0 bridgehead atoms. The zero-order valence-corrected chi connectivity index (χ0v) is 21.6. The van der Waals surface area contributed by atoms with E-state index in [1.165, 1.54) is 0 Å². The Hall–Kier alpha value is -4.51. The highest BCUT2D eigenvalue weighted by Crippen LogP contribution is 2.33. The van der Waals surface area contributed by atoms with Gasteiger partial charge in [0.1, 0.15) is 11.2 Å². The molecule has 198 valence electrons. The number of alkyl halides is 2. The van der Waals surface area contributed by atoms with Crippen LogP contribution in [0.5, 0.6) is 0 Å². The summed E-state index contributed by atoms with van der Waals surface area (Å²) < 4.78 is 27.3. The zero-order valence-electron chi connectivity index (χ0n) is 21.6. The Balaban J connectivity index is 1.34. The summed E-state index contributed by atoms with van der Waals surface area (Å²) in [5.74, 6) is -2.00. The molecule has 0 amide bonds. The molecule has 39 heavy (non-hydrogen) atoms. The summed E-state index contributed by atoms with van der Waals surface area (Å²) in [6.07, 6.45) is 8.78. The summed E-state index contributed by atoms with van der Waals surface area (Å²) >= 11 is 0. The van der Waals surface area contributed by atoms with Gasteiger partial charge in [-0.3, -0.25) is 25.0 Å². The minimum Gasteiger partial charge on any atom is -0.346 e. The number of allylic oxidation sites excluding steroid dienone is 1. The van der Waals surface area contributed by atoms with Gasteiger partial charge in [0, 0.05) is 56.1 Å². The minimum absolute atomic E-state index is 0.0991. The van der Waals surface area contributed by atoms with Crippen molar-refractivity contribution in [2.75, 3.05) is 25.0 Å². The Kier molecular flexibility index (Phi) is 6.15. The molecule has 4 aromatic heterocycles. The predicted octanol–water partition coefficient (Wildman–Crippen LogP) is 5.40. The van der Waals surface area contributed by atoms with Gasteiger partial charge < -0.3 is 9.88 Å². The lowest BCUT2D eigenvalue weighted by atomic mass is 10.0. The third kappa shape index (κ3) is 4.88. The molecule has 1 aromatic carbocycles. The van der Waals surface area contributed by atoms with Gasteiger partial charge in [-0.25, -0.2) is 13.8 Å². The van der Waals surface area contributed by atoms with Gasteiger partial charge in [0.2, 0.25) is 0 Å². The number of aliphatic imine (C=N–C) groups is 1. The second-order valence-corrected chi connectivity index (χ2v) is 9.91. The van der Waals surface area contributed by atoms with Gasteiger partial charge in [-0.1, -0.05) is 6.07 Å². The highest BCUT2D eigenvalue weighted by Gasteiger charge is 2.37. The van der Waals surface area contributed by atoms with Crippen LogP contribution in [-0.2, 0) is 6.54 Å². The van der Waals surface area contributed by atoms with Crippen molar-refractivity contribution in [2.24, 2.45) is 4.99 Å². The topological polar surface area (TPSA) is 102 Å². The van der Waals surface area contributed by atoms with Crippen molar-refractivity contribution >= 4 is 34.3 Å². The highest BCUT2D eigenvalue weighted by molar-refractivity contribution is 5.97. The fraction of sp³-hybridized carbons (Fsp3) is 0.250. The van der Waals surface area contributed by atoms with Crippen LogP contribution >= 0.6 is 0 Å². The maximum absolute atomic E-state index is 13.6. The number of halogens is 2. The zero-order chi connectivity index (χ0) is 27.1. The standard InChI is InChI=1S/C28H27F2N9/c1-17(31-2)14-38(3)24-13-33-12-23-26(24)35-27(34-23)25-21-9-19(4-5-22(21)36-37-25)20-8-18(10-32-11-20)15-39-7-6-28(29,30)16-39/h4-5,8-14H,2,6-7,15-16H2,1,3H3,(H,34,35)(H,36,37)/b17-14-. The van der Waals surface area contributed by atoms with Crippen molar-refractivity contribution in [1.82, 2.24) is 35.0 Å². The summed E-state index contributed by atoms with van der Waals surface area (Å²) in [5.41, 5.74) is 7.42. The van der Waals surface area contributed by atoms with E-state index in [2.05, 4.69) is 36.9 Å². The van der Waals surface area contributed by atoms with Gasteiger partial charge in [-0.05, 0) is 43.0 Å². The number of anilines is 1. The maximum Gasteiger partial charge on any atom is 0.261 e. The molecule has 0 aliphatic carbocycles. The minimum atomic E-state index is -2.62. The number of nitrogens with one attached hydrogen (secondary N) is 2. The Morgan fingerprint density at radius 3 is 2.79 bits per heavy atom. The van der Waals surface area contributed by atoms with E-state index in [0.29, 0.717) is 24.6 Å². The molecule has 5 heterocycles. The number of H-pyrrole nitrogens is 2. The van der Waals surface area contributed by atoms with E-state index in [-0.39, 0.29) is 13.0 Å². The van der Waals surface area contributed by atoms with Gasteiger partial charge in [0.15, 0.2) is 5.82 Å². The van der Waals surface area contributed by atoms with Crippen molar-refractivity contribution in [2.45, 2.75) is 25.8 Å². The Labute approximate surface area is 223 Å². The number of imidazole rings is 1. The molecule has 11 heteroatoms. The second kappa shape index (κ2) is 9.66. The number of benzene rings is 1. The van der Waals surface area contributed by atoms with Crippen LogP contribution in [0.1, 0.15) is 18.9 Å². The molecule has 9 nitrogen and oxygen atoms in total. The second-order valence-electron chi connectivity index (χ2n) is 9.91. The molecule has 0 spiro atoms. The van der Waals surface area contributed by atoms with E-state index in [0.717, 1.165) is 50.0 Å². The number of nitrogens with zero attached hydrogens (tertiary/aromatic N) is 7. The average molecular weight is 528 g/mol. The van der Waals surface area contributed by atoms with Gasteiger partial charge in [-0.2, -0.15) is 5.10 Å². The summed E-state index contributed by atoms with van der Waals surface area (Å²) in [7, 11) is 1.91. The molecule has 1 fully saturated rings. The molecule has 0 radical (unpaired) electrons. The van der Waals surface area contributed by atoms with E-state index < -0.39 is 5.92 Å². The number of rotatable bonds is 7. The number of hydrogen-bond donors (Lipinski definition) is 2. The molecule has 1 saturated heterocycles. The van der Waals surface area contributed by atoms with E-state index in [1.54, 1.807) is 29.7 Å². The molecule has 6 rings (SSSR count). The Bertz CT molecular complexity index is 1720. The molecular formula is C28H27F2N9. The Morgan fingerprint density at radius 1 is 1.15 bits per heavy atom. The molecule has 2 N–H and O–H groups in total. The fourth-order valence-corrected chi connectivity index (χ4v) is 4.99. The van der Waals surface area contributed by atoms with Gasteiger partial charge in [0.05, 0.1) is 41.4 Å². The summed E-state index contributed by atoms with van der Waals surface area (Å²) in [6, 6.07) is 8.01. The van der Waals surface area contributed by atoms with Crippen LogP contribution in [0, 0.1) is 0 Å². The molecule has 0 unspecified atom stereocenters. The van der Waals surface area contributed by atoms with Gasteiger partial charge in [0.25, 0.3) is 5.92 Å². The number of likely N-dealkylation sites (tertiary alicyclic amines) is 1. The molecule has 0 atom stereocenters. The lowest BCUT2D eigenvalue weighted by molar-refractivity contribution is 0.0115. The van der Waals surface area contributed by atoms with Crippen molar-refractivity contribution in [3.8, 4) is 22.6 Å². The van der Waals surface area contributed by atoms with Crippen LogP contribution in [0.25, 0.3) is 44.6 Å². The first-order chi connectivity index (χ1) is 18.8. The van der Waals surface area contributed by atoms with Gasteiger partial charge >= 0.3 is 0 Å². The quantitative estimate of drug-likeness (QED) is 0.275. The fourth-order valence-electron chi connectivity index (χ4n) is 4.99. The van der Waals surface area contributed by atoms with E-state index >= 15 is 0 Å². The molecule has 1 aliphatic heterocycles. The number of aromatic nitrogens is 6. The lowest BCUT2D eigenvalue weighted by Crippen LogP contribution is -2.24. The van der Waals surface area contributed by atoms with Crippen LogP contribution in [0.15, 0.2) is 65.9 Å². The van der Waals surface area contributed by atoms with Crippen LogP contribution in [0.2, 0.25) is 0 Å². The number of fused-ring (bicyclic) bond motifs is 2. The normalized spacial score (nSPS) is 15.8. The summed E-state index contributed by atoms with van der Waals surface area (Å²) in [5, 5.41) is 8.53. The number of hydrogen-bond acceptors (Lipinski definition) is 7. The first-order valence-electron chi connectivity index (χ1n) is 12.5. The third-order valence-electron chi connectivity index (χ3n) is 6.96. The van der Waals surface area contributed by atoms with E-state index in [4.69, 9.17) is 4.98 Å². The summed E-state index contributed by atoms with van der Waals surface area (Å²) in [4.78, 5) is 24.6. The van der Waals surface area contributed by atoms with Crippen LogP contribution in [0.4, 0.5) is 14.5 Å². The Morgan fingerprint density at radius 2 is 2.00 bits per heavy atom. The third-order valence-corrected chi connectivity index (χ3v) is 6.96. The predicted molar refractivity (Wildman–Crippen MR) is 149 cm³/mol. The highest BCUT2D eigenvalue weighted by atomic mass is 19.3. The molecule has 5 aromatic rings. The molecule has 1 aliphatic rings. The van der Waals surface area contributed by atoms with E-state index in [9.17, 15) is 8.78 Å². The van der Waals surface area contributed by atoms with Crippen molar-refractivity contribution in [3.63, 3.8) is 0 Å². The average Bonchev–Trinajstić information content (AvgIpc) is 3.63. The number of aromatic amines is 2. The first kappa shape index (κ1) is 24.8. The van der Waals surface area contributed by atoms with Gasteiger partial charge in [-0.15, -0.1) is 0 Å². The van der Waals surface area contributed by atoms with Crippen LogP contribution < -0.4 is 4.90 Å². The van der Waals surface area contributed by atoms with Crippen LogP contribution in [0.3, 0.4) is 0 Å². The smallest absolute Gasteiger partial charge is 0.261 e. The largest absolute Gasteiger partial charge is 0.346 e. The monoisotopic (exact) mass is 527 g/mol. The summed E-state index contributed by atoms with van der Waals surface area (Å²) in [6.45, 7) is 6.05. The molecular weight excluding hydrogens is 500 g/mol. The number of pyridine rings is 2. The molecule has 0 saturated carbocycles. The van der Waals surface area contributed by atoms with E-state index in [1.807, 2.05) is 49.3 Å². The van der Waals surface area contributed by atoms with Crippen molar-refractivity contribution in [3.05, 3.63) is 66.5 Å². The SMILES string of the molecule is C=N/C(C)=C\N(C)c1cncc2[nH]c(-c3n[nH]c4ccc(-c5cncc(CN6CCC(F)(F)C6)c5)cc34)nc12. The van der Waals surface area contributed by atoms with Crippen LogP contribution in [-0.4, -0.2) is 67.8 Å².